The van der Waals surface area contributed by atoms with Crippen LogP contribution in [0.1, 0.15) is 59.3 Å². The third kappa shape index (κ3) is 5.98. The van der Waals surface area contributed by atoms with Gasteiger partial charge in [-0.25, -0.2) is 4.79 Å². The van der Waals surface area contributed by atoms with E-state index in [2.05, 4.69) is 20.4 Å². The summed E-state index contributed by atoms with van der Waals surface area (Å²) in [7, 11) is 2.29. The molecular formula is C25H38O9. The summed E-state index contributed by atoms with van der Waals surface area (Å²) in [4.78, 5) is 47.7. The Labute approximate surface area is 201 Å². The van der Waals surface area contributed by atoms with Crippen molar-refractivity contribution >= 4 is 23.9 Å². The van der Waals surface area contributed by atoms with Gasteiger partial charge in [0.25, 0.3) is 0 Å². The van der Waals surface area contributed by atoms with Crippen molar-refractivity contribution in [3.8, 4) is 0 Å². The number of carbonyl (C=O) groups is 4. The minimum atomic E-state index is -1.42. The molecule has 0 aromatic heterocycles. The number of carboxylic acids is 1. The van der Waals surface area contributed by atoms with E-state index in [0.717, 1.165) is 51.9 Å². The van der Waals surface area contributed by atoms with E-state index in [0.29, 0.717) is 6.61 Å². The lowest BCUT2D eigenvalue weighted by Crippen LogP contribution is -2.53. The van der Waals surface area contributed by atoms with Crippen molar-refractivity contribution in [1.29, 1.82) is 0 Å². The van der Waals surface area contributed by atoms with E-state index in [9.17, 15) is 24.3 Å². The highest BCUT2D eigenvalue weighted by Crippen LogP contribution is 2.61. The number of fused-ring (bicyclic) bond motifs is 1. The highest BCUT2D eigenvalue weighted by molar-refractivity contribution is 5.86. The lowest BCUT2D eigenvalue weighted by molar-refractivity contribution is -0.175. The molecule has 0 bridgehead atoms. The molecule has 2 saturated carbocycles. The molecule has 0 aliphatic heterocycles. The summed E-state index contributed by atoms with van der Waals surface area (Å²) >= 11 is 0. The smallest absolute Gasteiger partial charge is 0.335 e. The monoisotopic (exact) mass is 482 g/mol. The topological polar surface area (TPSA) is 125 Å². The second-order valence-corrected chi connectivity index (χ2v) is 10.1. The maximum atomic E-state index is 12.5. The van der Waals surface area contributed by atoms with Crippen LogP contribution in [-0.2, 0) is 38.1 Å². The van der Waals surface area contributed by atoms with E-state index in [1.165, 1.54) is 6.92 Å². The number of rotatable bonds is 10. The second-order valence-electron chi connectivity index (χ2n) is 10.1. The first kappa shape index (κ1) is 27.8. The molecule has 0 radical (unpaired) electrons. The van der Waals surface area contributed by atoms with Gasteiger partial charge in [0, 0.05) is 18.3 Å². The van der Waals surface area contributed by atoms with Crippen LogP contribution >= 0.6 is 0 Å². The first-order chi connectivity index (χ1) is 15.9. The fraction of sp³-hybridized carbons (Fsp3) is 0.760. The summed E-state index contributed by atoms with van der Waals surface area (Å²) in [6.07, 6.45) is 2.43. The lowest BCUT2D eigenvalue weighted by atomic mass is 9.47. The lowest BCUT2D eigenvalue weighted by Gasteiger charge is -2.58. The minimum Gasteiger partial charge on any atom is -0.481 e. The molecule has 0 amide bonds. The number of ether oxygens (including phenoxy) is 4. The molecule has 0 unspecified atom stereocenters. The van der Waals surface area contributed by atoms with E-state index < -0.39 is 36.4 Å². The molecule has 0 aromatic rings. The first-order valence-corrected chi connectivity index (χ1v) is 11.7. The molecular weight excluding hydrogens is 444 g/mol. The molecule has 6 atom stereocenters. The van der Waals surface area contributed by atoms with E-state index >= 15 is 0 Å². The highest BCUT2D eigenvalue weighted by Gasteiger charge is 2.55. The molecule has 34 heavy (non-hydrogen) atoms. The summed E-state index contributed by atoms with van der Waals surface area (Å²) in [5, 5.41) is 9.27. The van der Waals surface area contributed by atoms with Crippen LogP contribution in [0, 0.1) is 28.6 Å². The molecule has 2 fully saturated rings. The van der Waals surface area contributed by atoms with Crippen LogP contribution in [-0.4, -0.2) is 62.5 Å². The van der Waals surface area contributed by atoms with Crippen LogP contribution < -0.4 is 0 Å². The largest absolute Gasteiger partial charge is 0.481 e. The molecule has 2 aliphatic carbocycles. The van der Waals surface area contributed by atoms with Gasteiger partial charge in [-0.2, -0.15) is 0 Å². The quantitative estimate of drug-likeness (QED) is 0.284. The zero-order chi connectivity index (χ0) is 25.7. The molecule has 0 heterocycles. The van der Waals surface area contributed by atoms with Gasteiger partial charge in [-0.3, -0.25) is 14.4 Å². The van der Waals surface area contributed by atoms with Gasteiger partial charge >= 0.3 is 23.9 Å². The highest BCUT2D eigenvalue weighted by atomic mass is 16.6. The van der Waals surface area contributed by atoms with E-state index in [4.69, 9.17) is 18.9 Å². The molecule has 0 spiro atoms. The zero-order valence-electron chi connectivity index (χ0n) is 20.9. The third-order valence-electron chi connectivity index (χ3n) is 7.89. The summed E-state index contributed by atoms with van der Waals surface area (Å²) < 4.78 is 21.0. The molecule has 0 saturated heterocycles. The van der Waals surface area contributed by atoms with Gasteiger partial charge in [0.15, 0.2) is 6.10 Å². The van der Waals surface area contributed by atoms with Gasteiger partial charge in [-0.15, -0.1) is 0 Å². The van der Waals surface area contributed by atoms with Crippen molar-refractivity contribution in [2.45, 2.75) is 65.4 Å². The van der Waals surface area contributed by atoms with Gasteiger partial charge in [-0.1, -0.05) is 32.4 Å². The van der Waals surface area contributed by atoms with E-state index in [1.54, 1.807) is 0 Å². The number of carboxylic acid groups (broad SMARTS) is 1. The van der Waals surface area contributed by atoms with Crippen LogP contribution in [0.25, 0.3) is 0 Å². The fourth-order valence-corrected chi connectivity index (χ4v) is 6.15. The average Bonchev–Trinajstić information content (AvgIpc) is 2.77. The number of hydrogen-bond acceptors (Lipinski definition) is 8. The predicted molar refractivity (Wildman–Crippen MR) is 122 cm³/mol. The van der Waals surface area contributed by atoms with Crippen molar-refractivity contribution in [2.75, 3.05) is 27.4 Å². The van der Waals surface area contributed by atoms with Gasteiger partial charge in [0.1, 0.15) is 5.92 Å². The summed E-state index contributed by atoms with van der Waals surface area (Å²) in [6.45, 7) is 10.5. The molecule has 192 valence electrons. The number of carbonyl (C=O) groups excluding carboxylic acids is 3. The molecule has 0 aromatic carbocycles. The van der Waals surface area contributed by atoms with Gasteiger partial charge in [-0.05, 0) is 37.0 Å². The van der Waals surface area contributed by atoms with Gasteiger partial charge in [0.05, 0.1) is 33.9 Å². The third-order valence-corrected chi connectivity index (χ3v) is 7.89. The molecule has 9 heteroatoms. The molecule has 9 nitrogen and oxygen atoms in total. The maximum absolute atomic E-state index is 12.5. The summed E-state index contributed by atoms with van der Waals surface area (Å²) in [6, 6.07) is 0. The Morgan fingerprint density at radius 1 is 1.12 bits per heavy atom. The predicted octanol–water partition coefficient (Wildman–Crippen LogP) is 3.15. The van der Waals surface area contributed by atoms with E-state index in [1.807, 2.05) is 0 Å². The Kier molecular flexibility index (Phi) is 9.28. The maximum Gasteiger partial charge on any atom is 0.335 e. The minimum absolute atomic E-state index is 0.0857. The standard InChI is InChI=1S/C25H38O9/c1-15-8-9-19-24(3,14-34-16(2)26)10-7-11-25(19,4)18(15)13-33-21(23(30)32-6)17(12-20(27)28)22(29)31-5/h17-19,21H,1,7-14H2,2-6H3,(H,27,28)/t17-,18-,19-,21+,24-,25+/m0/s1. The average molecular weight is 483 g/mol. The molecule has 2 rings (SSSR count). The van der Waals surface area contributed by atoms with Crippen LogP contribution in [0.5, 0.6) is 0 Å². The Bertz CT molecular complexity index is 806. The first-order valence-electron chi connectivity index (χ1n) is 11.7. The Morgan fingerprint density at radius 3 is 2.32 bits per heavy atom. The zero-order valence-corrected chi connectivity index (χ0v) is 20.9. The van der Waals surface area contributed by atoms with Crippen LogP contribution in [0.2, 0.25) is 0 Å². The number of hydrogen-bond donors (Lipinski definition) is 1. The number of methoxy groups -OCH3 is 2. The summed E-state index contributed by atoms with van der Waals surface area (Å²) in [5.74, 6) is -4.47. The Hall–Kier alpha value is -2.42. The van der Waals surface area contributed by atoms with Crippen molar-refractivity contribution in [3.63, 3.8) is 0 Å². The number of aliphatic carboxylic acids is 1. The van der Waals surface area contributed by atoms with E-state index in [-0.39, 0.29) is 35.2 Å². The molecule has 2 aliphatic rings. The van der Waals surface area contributed by atoms with Crippen molar-refractivity contribution < 1.29 is 43.2 Å². The van der Waals surface area contributed by atoms with Crippen molar-refractivity contribution in [2.24, 2.45) is 28.6 Å². The van der Waals surface area contributed by atoms with Gasteiger partial charge < -0.3 is 24.1 Å². The van der Waals surface area contributed by atoms with Crippen molar-refractivity contribution in [3.05, 3.63) is 12.2 Å². The summed E-state index contributed by atoms with van der Waals surface area (Å²) in [5.41, 5.74) is 0.570. The van der Waals surface area contributed by atoms with Crippen LogP contribution in [0.15, 0.2) is 12.2 Å². The van der Waals surface area contributed by atoms with Crippen LogP contribution in [0.4, 0.5) is 0 Å². The molecule has 1 N–H and O–H groups in total. The SMILES string of the molecule is C=C1CC[C@H]2[C@](C)(COC(C)=O)CCC[C@]2(C)[C@H]1CO[C@@H](C(=O)OC)[C@H](CC(=O)O)C(=O)OC. The Morgan fingerprint density at radius 2 is 1.76 bits per heavy atom. The Balaban J connectivity index is 2.30. The van der Waals surface area contributed by atoms with Gasteiger partial charge in [0.2, 0.25) is 0 Å². The van der Waals surface area contributed by atoms with Crippen LogP contribution in [0.3, 0.4) is 0 Å². The second kappa shape index (κ2) is 11.3. The fourth-order valence-electron chi connectivity index (χ4n) is 6.15. The normalized spacial score (nSPS) is 30.4. The van der Waals surface area contributed by atoms with Crippen molar-refractivity contribution in [1.82, 2.24) is 0 Å². The number of esters is 3.